The van der Waals surface area contributed by atoms with Gasteiger partial charge in [0.2, 0.25) is 5.89 Å². The molecule has 5 nitrogen and oxygen atoms in total. The lowest BCUT2D eigenvalue weighted by molar-refractivity contribution is 0.155. The fourth-order valence-electron chi connectivity index (χ4n) is 1.79. The highest BCUT2D eigenvalue weighted by atomic mass is 16.5. The summed E-state index contributed by atoms with van der Waals surface area (Å²) in [5, 5.41) is 3.94. The SMILES string of the molecule is COCC(C)Cc1nc(C(N)C2CC2)no1. The van der Waals surface area contributed by atoms with Gasteiger partial charge in [0, 0.05) is 20.1 Å². The van der Waals surface area contributed by atoms with E-state index in [1.54, 1.807) is 7.11 Å². The molecular weight excluding hydrogens is 206 g/mol. The summed E-state index contributed by atoms with van der Waals surface area (Å²) < 4.78 is 10.2. The molecule has 0 spiro atoms. The number of methoxy groups -OCH3 is 1. The Morgan fingerprint density at radius 2 is 2.31 bits per heavy atom. The van der Waals surface area contributed by atoms with Crippen LogP contribution in [0, 0.1) is 11.8 Å². The van der Waals surface area contributed by atoms with Crippen LogP contribution < -0.4 is 5.73 Å². The topological polar surface area (TPSA) is 74.2 Å². The number of nitrogens with two attached hydrogens (primary N) is 1. The highest BCUT2D eigenvalue weighted by Crippen LogP contribution is 2.38. The van der Waals surface area contributed by atoms with Crippen molar-refractivity contribution in [3.8, 4) is 0 Å². The van der Waals surface area contributed by atoms with E-state index in [1.807, 2.05) is 0 Å². The standard InChI is InChI=1S/C11H19N3O2/c1-7(6-15-2)5-9-13-11(14-16-9)10(12)8-3-4-8/h7-8,10H,3-6,12H2,1-2H3. The van der Waals surface area contributed by atoms with Crippen molar-refractivity contribution in [2.24, 2.45) is 17.6 Å². The lowest BCUT2D eigenvalue weighted by Crippen LogP contribution is -2.14. The Labute approximate surface area is 95.3 Å². The van der Waals surface area contributed by atoms with Crippen LogP contribution >= 0.6 is 0 Å². The molecule has 1 aromatic heterocycles. The van der Waals surface area contributed by atoms with Crippen LogP contribution in [-0.2, 0) is 11.2 Å². The highest BCUT2D eigenvalue weighted by Gasteiger charge is 2.32. The van der Waals surface area contributed by atoms with Gasteiger partial charge in [0.1, 0.15) is 0 Å². The maximum Gasteiger partial charge on any atom is 0.227 e. The maximum absolute atomic E-state index is 5.99. The number of rotatable bonds is 6. The van der Waals surface area contributed by atoms with Crippen LogP contribution in [0.25, 0.3) is 0 Å². The van der Waals surface area contributed by atoms with Crippen molar-refractivity contribution in [2.75, 3.05) is 13.7 Å². The number of aromatic nitrogens is 2. The maximum atomic E-state index is 5.99. The smallest absolute Gasteiger partial charge is 0.227 e. The van der Waals surface area contributed by atoms with Crippen molar-refractivity contribution in [1.29, 1.82) is 0 Å². The predicted octanol–water partition coefficient (Wildman–Crippen LogP) is 1.30. The number of hydrogen-bond donors (Lipinski definition) is 1. The largest absolute Gasteiger partial charge is 0.384 e. The van der Waals surface area contributed by atoms with Crippen molar-refractivity contribution in [2.45, 2.75) is 32.2 Å². The first-order valence-corrected chi connectivity index (χ1v) is 5.77. The minimum absolute atomic E-state index is 0.0461. The van der Waals surface area contributed by atoms with Crippen LogP contribution in [0.3, 0.4) is 0 Å². The molecule has 1 fully saturated rings. The van der Waals surface area contributed by atoms with Crippen LogP contribution in [0.5, 0.6) is 0 Å². The summed E-state index contributed by atoms with van der Waals surface area (Å²) in [4.78, 5) is 4.34. The lowest BCUT2D eigenvalue weighted by Gasteiger charge is -2.05. The molecule has 2 rings (SSSR count). The molecule has 1 aliphatic carbocycles. The average molecular weight is 225 g/mol. The van der Waals surface area contributed by atoms with E-state index in [9.17, 15) is 0 Å². The predicted molar refractivity (Wildman–Crippen MR) is 58.7 cm³/mol. The molecule has 90 valence electrons. The third-order valence-electron chi connectivity index (χ3n) is 2.89. The fourth-order valence-corrected chi connectivity index (χ4v) is 1.79. The van der Waals surface area contributed by atoms with Crippen molar-refractivity contribution in [3.63, 3.8) is 0 Å². The van der Waals surface area contributed by atoms with Gasteiger partial charge in [-0.1, -0.05) is 12.1 Å². The number of nitrogens with zero attached hydrogens (tertiary/aromatic N) is 2. The van der Waals surface area contributed by atoms with Crippen LogP contribution in [0.1, 0.15) is 37.5 Å². The molecule has 5 heteroatoms. The van der Waals surface area contributed by atoms with Gasteiger partial charge in [0.15, 0.2) is 5.82 Å². The van der Waals surface area contributed by atoms with Crippen LogP contribution in [-0.4, -0.2) is 23.9 Å². The van der Waals surface area contributed by atoms with Crippen molar-refractivity contribution < 1.29 is 9.26 Å². The first kappa shape index (κ1) is 11.5. The minimum atomic E-state index is -0.0461. The fraction of sp³-hybridized carbons (Fsp3) is 0.818. The van der Waals surface area contributed by atoms with E-state index in [1.165, 1.54) is 12.8 Å². The van der Waals surface area contributed by atoms with E-state index in [-0.39, 0.29) is 6.04 Å². The van der Waals surface area contributed by atoms with Crippen molar-refractivity contribution in [3.05, 3.63) is 11.7 Å². The second-order valence-corrected chi connectivity index (χ2v) is 4.67. The lowest BCUT2D eigenvalue weighted by atomic mass is 10.1. The molecular formula is C11H19N3O2. The number of ether oxygens (including phenoxy) is 1. The van der Waals surface area contributed by atoms with Crippen LogP contribution in [0.2, 0.25) is 0 Å². The Morgan fingerprint density at radius 1 is 1.56 bits per heavy atom. The normalized spacial score (nSPS) is 19.7. The summed E-state index contributed by atoms with van der Waals surface area (Å²) in [7, 11) is 1.69. The molecule has 1 aliphatic rings. The Kier molecular flexibility index (Phi) is 3.56. The molecule has 0 aromatic carbocycles. The quantitative estimate of drug-likeness (QED) is 0.790. The van der Waals surface area contributed by atoms with Gasteiger partial charge in [-0.15, -0.1) is 0 Å². The Hall–Kier alpha value is -0.940. The van der Waals surface area contributed by atoms with Crippen molar-refractivity contribution in [1.82, 2.24) is 10.1 Å². The molecule has 16 heavy (non-hydrogen) atoms. The van der Waals surface area contributed by atoms with Gasteiger partial charge in [-0.3, -0.25) is 0 Å². The molecule has 2 unspecified atom stereocenters. The molecule has 0 amide bonds. The molecule has 1 aromatic rings. The third-order valence-corrected chi connectivity index (χ3v) is 2.89. The van der Waals surface area contributed by atoms with Gasteiger partial charge in [0.05, 0.1) is 6.04 Å². The molecule has 1 heterocycles. The zero-order chi connectivity index (χ0) is 11.5. The van der Waals surface area contributed by atoms with Crippen LogP contribution in [0.15, 0.2) is 4.52 Å². The third kappa shape index (κ3) is 2.80. The summed E-state index contributed by atoms with van der Waals surface area (Å²) in [5.41, 5.74) is 5.99. The summed E-state index contributed by atoms with van der Waals surface area (Å²) >= 11 is 0. The van der Waals surface area contributed by atoms with Gasteiger partial charge in [0.25, 0.3) is 0 Å². The number of hydrogen-bond acceptors (Lipinski definition) is 5. The second kappa shape index (κ2) is 4.93. The first-order chi connectivity index (χ1) is 7.70. The minimum Gasteiger partial charge on any atom is -0.384 e. The molecule has 0 bridgehead atoms. The zero-order valence-corrected chi connectivity index (χ0v) is 9.85. The first-order valence-electron chi connectivity index (χ1n) is 5.77. The molecule has 2 atom stereocenters. The van der Waals surface area contributed by atoms with E-state index >= 15 is 0 Å². The monoisotopic (exact) mass is 225 g/mol. The summed E-state index contributed by atoms with van der Waals surface area (Å²) in [5.74, 6) is 2.26. The van der Waals surface area contributed by atoms with E-state index in [0.717, 1.165) is 6.42 Å². The summed E-state index contributed by atoms with van der Waals surface area (Å²) in [6.07, 6.45) is 3.12. The average Bonchev–Trinajstić information content (AvgIpc) is 2.99. The van der Waals surface area contributed by atoms with E-state index in [0.29, 0.717) is 30.2 Å². The van der Waals surface area contributed by atoms with E-state index in [2.05, 4.69) is 17.1 Å². The molecule has 1 saturated carbocycles. The second-order valence-electron chi connectivity index (χ2n) is 4.67. The van der Waals surface area contributed by atoms with Crippen LogP contribution in [0.4, 0.5) is 0 Å². The molecule has 2 N–H and O–H groups in total. The van der Waals surface area contributed by atoms with Crippen molar-refractivity contribution >= 4 is 0 Å². The highest BCUT2D eigenvalue weighted by molar-refractivity contribution is 5.00. The van der Waals surface area contributed by atoms with Gasteiger partial charge in [-0.05, 0) is 24.7 Å². The Bertz CT molecular complexity index is 336. The Balaban J connectivity index is 1.91. The summed E-state index contributed by atoms with van der Waals surface area (Å²) in [6.45, 7) is 2.79. The molecule has 0 saturated heterocycles. The summed E-state index contributed by atoms with van der Waals surface area (Å²) in [6, 6.07) is -0.0461. The van der Waals surface area contributed by atoms with Gasteiger partial charge in [-0.2, -0.15) is 4.98 Å². The Morgan fingerprint density at radius 3 is 2.94 bits per heavy atom. The van der Waals surface area contributed by atoms with Gasteiger partial charge in [-0.25, -0.2) is 0 Å². The molecule has 0 aliphatic heterocycles. The van der Waals surface area contributed by atoms with E-state index < -0.39 is 0 Å². The van der Waals surface area contributed by atoms with Gasteiger partial charge >= 0.3 is 0 Å². The van der Waals surface area contributed by atoms with Gasteiger partial charge < -0.3 is 15.0 Å². The van der Waals surface area contributed by atoms with E-state index in [4.69, 9.17) is 15.0 Å². The molecule has 0 radical (unpaired) electrons. The zero-order valence-electron chi connectivity index (χ0n) is 9.85.